The first-order valence-electron chi connectivity index (χ1n) is 6.41. The largest absolute Gasteiger partial charge is 0.496 e. The Labute approximate surface area is 123 Å². The van der Waals surface area contributed by atoms with Gasteiger partial charge in [0, 0.05) is 12.0 Å². The maximum absolute atomic E-state index is 11.7. The molecule has 0 aliphatic rings. The molecule has 0 fully saturated rings. The number of oxime groups is 1. The van der Waals surface area contributed by atoms with Gasteiger partial charge in [0.05, 0.1) is 12.7 Å². The van der Waals surface area contributed by atoms with Crippen LogP contribution in [-0.2, 0) is 11.3 Å². The number of carbonyl (C=O) groups is 1. The van der Waals surface area contributed by atoms with Crippen molar-refractivity contribution in [1.29, 1.82) is 0 Å². The molecule has 0 unspecified atom stereocenters. The summed E-state index contributed by atoms with van der Waals surface area (Å²) in [5.74, 6) is 0.368. The lowest BCUT2D eigenvalue weighted by atomic mass is 10.1. The van der Waals surface area contributed by atoms with Gasteiger partial charge < -0.3 is 15.3 Å². The van der Waals surface area contributed by atoms with Crippen LogP contribution in [0.4, 0.5) is 0 Å². The number of nitrogens with two attached hydrogens (primary N) is 1. The molecule has 0 spiro atoms. The first-order valence-corrected chi connectivity index (χ1v) is 6.41. The lowest BCUT2D eigenvalue weighted by Gasteiger charge is -2.07. The van der Waals surface area contributed by atoms with Crippen LogP contribution in [0, 0.1) is 0 Å². The van der Waals surface area contributed by atoms with Crippen molar-refractivity contribution in [3.05, 3.63) is 65.7 Å². The topological polar surface area (TPSA) is 73.9 Å². The van der Waals surface area contributed by atoms with E-state index in [2.05, 4.69) is 5.16 Å². The second-order valence-corrected chi connectivity index (χ2v) is 4.32. The number of rotatable bonds is 5. The van der Waals surface area contributed by atoms with Gasteiger partial charge >= 0.3 is 5.97 Å². The monoisotopic (exact) mass is 284 g/mol. The third-order valence-electron chi connectivity index (χ3n) is 2.82. The predicted octanol–water partition coefficient (Wildman–Crippen LogP) is 2.37. The molecule has 0 radical (unpaired) electrons. The van der Waals surface area contributed by atoms with Gasteiger partial charge in [-0.25, -0.2) is 4.79 Å². The Balaban J connectivity index is 2.00. The average molecular weight is 284 g/mol. The molecule has 0 atom stereocenters. The number of methoxy groups -OCH3 is 1. The van der Waals surface area contributed by atoms with E-state index in [1.54, 1.807) is 31.4 Å². The summed E-state index contributed by atoms with van der Waals surface area (Å²) >= 11 is 0. The number of carbonyl (C=O) groups excluding carboxylic acids is 1. The summed E-state index contributed by atoms with van der Waals surface area (Å²) in [5, 5.41) is 3.66. The molecular weight excluding hydrogens is 268 g/mol. The van der Waals surface area contributed by atoms with Crippen LogP contribution in [0.25, 0.3) is 0 Å². The van der Waals surface area contributed by atoms with Crippen LogP contribution in [-0.4, -0.2) is 18.9 Å². The van der Waals surface area contributed by atoms with E-state index in [1.807, 2.05) is 30.3 Å². The Bertz CT molecular complexity index is 639. The molecule has 2 aromatic carbocycles. The van der Waals surface area contributed by atoms with Gasteiger partial charge in [0.1, 0.15) is 11.6 Å². The van der Waals surface area contributed by atoms with Gasteiger partial charge in [-0.2, -0.15) is 0 Å². The van der Waals surface area contributed by atoms with Crippen molar-refractivity contribution in [1.82, 2.24) is 0 Å². The van der Waals surface area contributed by atoms with E-state index in [0.717, 1.165) is 5.56 Å². The molecule has 0 aliphatic carbocycles. The zero-order valence-corrected chi connectivity index (χ0v) is 11.7. The zero-order valence-electron chi connectivity index (χ0n) is 11.7. The van der Waals surface area contributed by atoms with Gasteiger partial charge in [-0.1, -0.05) is 41.6 Å². The van der Waals surface area contributed by atoms with E-state index in [4.69, 9.17) is 15.3 Å². The highest BCUT2D eigenvalue weighted by Gasteiger charge is 2.08. The molecule has 2 aromatic rings. The van der Waals surface area contributed by atoms with Crippen molar-refractivity contribution in [2.24, 2.45) is 10.9 Å². The minimum atomic E-state index is -0.543. The van der Waals surface area contributed by atoms with Crippen LogP contribution in [0.1, 0.15) is 15.9 Å². The Kier molecular flexibility index (Phi) is 4.93. The number of hydrogen-bond acceptors (Lipinski definition) is 4. The maximum atomic E-state index is 11.7. The molecule has 0 aliphatic heterocycles. The second-order valence-electron chi connectivity index (χ2n) is 4.32. The fourth-order valence-corrected chi connectivity index (χ4v) is 1.80. The molecule has 21 heavy (non-hydrogen) atoms. The molecule has 0 amide bonds. The van der Waals surface area contributed by atoms with Crippen molar-refractivity contribution in [3.63, 3.8) is 0 Å². The van der Waals surface area contributed by atoms with Crippen molar-refractivity contribution >= 4 is 11.8 Å². The van der Waals surface area contributed by atoms with Crippen LogP contribution in [0.15, 0.2) is 59.8 Å². The van der Waals surface area contributed by atoms with Crippen molar-refractivity contribution in [2.75, 3.05) is 7.11 Å². The van der Waals surface area contributed by atoms with E-state index in [9.17, 15) is 4.79 Å². The van der Waals surface area contributed by atoms with Gasteiger partial charge in [-0.15, -0.1) is 0 Å². The highest BCUT2D eigenvalue weighted by atomic mass is 16.7. The first-order chi connectivity index (χ1) is 10.2. The smallest absolute Gasteiger partial charge is 0.365 e. The van der Waals surface area contributed by atoms with Gasteiger partial charge in [0.25, 0.3) is 0 Å². The molecule has 5 heteroatoms. The van der Waals surface area contributed by atoms with Crippen LogP contribution in [0.2, 0.25) is 0 Å². The minimum absolute atomic E-state index is 0.198. The van der Waals surface area contributed by atoms with Gasteiger partial charge in [0.2, 0.25) is 0 Å². The molecule has 0 saturated heterocycles. The summed E-state index contributed by atoms with van der Waals surface area (Å²) < 4.78 is 5.22. The quantitative estimate of drug-likeness (QED) is 0.396. The van der Waals surface area contributed by atoms with E-state index in [0.29, 0.717) is 17.7 Å². The van der Waals surface area contributed by atoms with Gasteiger partial charge in [0.15, 0.2) is 0 Å². The fourth-order valence-electron chi connectivity index (χ4n) is 1.80. The van der Waals surface area contributed by atoms with Crippen molar-refractivity contribution in [2.45, 2.75) is 6.42 Å². The molecule has 0 bridgehead atoms. The Hall–Kier alpha value is -2.82. The molecule has 108 valence electrons. The first kappa shape index (κ1) is 14.6. The summed E-state index contributed by atoms with van der Waals surface area (Å²) in [7, 11) is 1.58. The summed E-state index contributed by atoms with van der Waals surface area (Å²) in [5.41, 5.74) is 7.07. The average Bonchev–Trinajstić information content (AvgIpc) is 2.54. The molecule has 0 aromatic heterocycles. The maximum Gasteiger partial charge on any atom is 0.365 e. The highest BCUT2D eigenvalue weighted by Crippen LogP contribution is 2.17. The predicted molar refractivity (Wildman–Crippen MR) is 80.2 cm³/mol. The number of hydrogen-bond donors (Lipinski definition) is 1. The van der Waals surface area contributed by atoms with Crippen molar-refractivity contribution in [3.8, 4) is 5.75 Å². The molecule has 0 heterocycles. The Morgan fingerprint density at radius 1 is 1.10 bits per heavy atom. The third kappa shape index (κ3) is 4.07. The number of nitrogens with zero attached hydrogens (tertiary/aromatic N) is 1. The summed E-state index contributed by atoms with van der Waals surface area (Å²) in [4.78, 5) is 16.5. The van der Waals surface area contributed by atoms with Gasteiger partial charge in [-0.05, 0) is 18.2 Å². The van der Waals surface area contributed by atoms with Crippen molar-refractivity contribution < 1.29 is 14.4 Å². The number of para-hydroxylation sites is 1. The lowest BCUT2D eigenvalue weighted by molar-refractivity contribution is 0.0515. The normalized spacial score (nSPS) is 11.0. The molecule has 2 rings (SSSR count). The van der Waals surface area contributed by atoms with Crippen LogP contribution in [0.3, 0.4) is 0 Å². The Morgan fingerprint density at radius 2 is 1.76 bits per heavy atom. The van der Waals surface area contributed by atoms with E-state index in [-0.39, 0.29) is 5.84 Å². The van der Waals surface area contributed by atoms with E-state index < -0.39 is 5.97 Å². The van der Waals surface area contributed by atoms with Crippen LogP contribution >= 0.6 is 0 Å². The summed E-state index contributed by atoms with van der Waals surface area (Å²) in [6, 6.07) is 16.1. The highest BCUT2D eigenvalue weighted by molar-refractivity contribution is 5.90. The zero-order chi connectivity index (χ0) is 15.1. The van der Waals surface area contributed by atoms with E-state index >= 15 is 0 Å². The minimum Gasteiger partial charge on any atom is -0.496 e. The summed E-state index contributed by atoms with van der Waals surface area (Å²) in [6.07, 6.45) is 0.339. The number of benzene rings is 2. The molecule has 0 saturated carbocycles. The molecular formula is C16H16N2O3. The number of ether oxygens (including phenoxy) is 1. The summed E-state index contributed by atoms with van der Waals surface area (Å²) in [6.45, 7) is 0. The molecule has 5 nitrogen and oxygen atoms in total. The van der Waals surface area contributed by atoms with Gasteiger partial charge in [-0.3, -0.25) is 0 Å². The lowest BCUT2D eigenvalue weighted by Crippen LogP contribution is -2.17. The van der Waals surface area contributed by atoms with Crippen LogP contribution in [0.5, 0.6) is 5.75 Å². The number of amidine groups is 1. The third-order valence-corrected chi connectivity index (χ3v) is 2.82. The fraction of sp³-hybridized carbons (Fsp3) is 0.125. The SMILES string of the molecule is COc1ccccc1C/C(N)=N/OC(=O)c1ccccc1. The Morgan fingerprint density at radius 3 is 2.48 bits per heavy atom. The van der Waals surface area contributed by atoms with E-state index in [1.165, 1.54) is 0 Å². The second kappa shape index (κ2) is 7.09. The standard InChI is InChI=1S/C16H16N2O3/c1-20-14-10-6-5-9-13(14)11-15(17)18-21-16(19)12-7-3-2-4-8-12/h2-10H,11H2,1H3,(H2,17,18). The molecule has 2 N–H and O–H groups in total. The van der Waals surface area contributed by atoms with Crippen LogP contribution < -0.4 is 10.5 Å².